The Hall–Kier alpha value is -1.65. The molecule has 0 radical (unpaired) electrons. The molecule has 0 aromatic heterocycles. The van der Waals surface area contributed by atoms with Gasteiger partial charge in [-0.2, -0.15) is 0 Å². The monoisotopic (exact) mass is 316 g/mol. The van der Waals surface area contributed by atoms with E-state index in [4.69, 9.17) is 0 Å². The molecular weight excluding hydrogens is 296 g/mol. The fraction of sp³-hybridized carbons (Fsp3) is 0.333. The Morgan fingerprint density at radius 3 is 2.18 bits per heavy atom. The molecule has 4 heteroatoms. The summed E-state index contributed by atoms with van der Waals surface area (Å²) in [5, 5.41) is 9.03. The van der Waals surface area contributed by atoms with Crippen LogP contribution in [-0.4, -0.2) is 25.4 Å². The van der Waals surface area contributed by atoms with Crippen LogP contribution in [0.4, 0.5) is 0 Å². The molecule has 0 amide bonds. The second-order valence-electron chi connectivity index (χ2n) is 5.79. The first kappa shape index (κ1) is 15.3. The van der Waals surface area contributed by atoms with E-state index in [0.29, 0.717) is 4.90 Å². The van der Waals surface area contributed by atoms with Crippen molar-refractivity contribution >= 4 is 9.84 Å². The van der Waals surface area contributed by atoms with Crippen LogP contribution >= 0.6 is 0 Å². The van der Waals surface area contributed by atoms with E-state index in [1.807, 2.05) is 24.3 Å². The summed E-state index contributed by atoms with van der Waals surface area (Å²) in [6.07, 6.45) is 0.958. The zero-order valence-corrected chi connectivity index (χ0v) is 13.3. The van der Waals surface area contributed by atoms with Gasteiger partial charge < -0.3 is 5.11 Å². The van der Waals surface area contributed by atoms with Crippen molar-refractivity contribution in [2.45, 2.75) is 29.4 Å². The van der Waals surface area contributed by atoms with E-state index in [9.17, 15) is 13.5 Å². The number of aliphatic hydroxyl groups is 1. The molecule has 0 unspecified atom stereocenters. The highest BCUT2D eigenvalue weighted by Crippen LogP contribution is 2.53. The minimum absolute atomic E-state index is 0.100. The average Bonchev–Trinajstić information content (AvgIpc) is 3.31. The highest BCUT2D eigenvalue weighted by atomic mass is 32.2. The molecule has 0 saturated heterocycles. The molecule has 1 N–H and O–H groups in total. The first-order valence-corrected chi connectivity index (χ1v) is 9.13. The number of sulfone groups is 1. The minimum Gasteiger partial charge on any atom is -0.396 e. The van der Waals surface area contributed by atoms with E-state index < -0.39 is 15.1 Å². The quantitative estimate of drug-likeness (QED) is 0.923. The van der Waals surface area contributed by atoms with Crippen LogP contribution in [0.1, 0.15) is 24.0 Å². The maximum atomic E-state index is 12.8. The minimum atomic E-state index is -3.40. The maximum Gasteiger partial charge on any atom is 0.182 e. The van der Waals surface area contributed by atoms with Gasteiger partial charge in [0, 0.05) is 18.4 Å². The van der Waals surface area contributed by atoms with Crippen LogP contribution in [0.5, 0.6) is 0 Å². The van der Waals surface area contributed by atoms with E-state index in [1.54, 1.807) is 30.3 Å². The van der Waals surface area contributed by atoms with Gasteiger partial charge in [0.2, 0.25) is 0 Å². The fourth-order valence-corrected chi connectivity index (χ4v) is 5.38. The third kappa shape index (κ3) is 2.57. The summed E-state index contributed by atoms with van der Waals surface area (Å²) >= 11 is 0. The average molecular weight is 316 g/mol. The first-order chi connectivity index (χ1) is 10.6. The van der Waals surface area contributed by atoms with E-state index in [-0.39, 0.29) is 18.4 Å². The molecule has 3 atom stereocenters. The summed E-state index contributed by atoms with van der Waals surface area (Å²) in [4.78, 5) is 0.339. The lowest BCUT2D eigenvalue weighted by Crippen LogP contribution is -2.11. The largest absolute Gasteiger partial charge is 0.396 e. The predicted molar refractivity (Wildman–Crippen MR) is 86.6 cm³/mol. The summed E-state index contributed by atoms with van der Waals surface area (Å²) in [7, 11) is -3.40. The Kier molecular flexibility index (Phi) is 4.06. The highest BCUT2D eigenvalue weighted by molar-refractivity contribution is 7.92. The van der Waals surface area contributed by atoms with Crippen LogP contribution in [0.15, 0.2) is 59.5 Å². The van der Waals surface area contributed by atoms with Gasteiger partial charge in [0.15, 0.2) is 9.84 Å². The fourth-order valence-electron chi connectivity index (χ4n) is 3.16. The van der Waals surface area contributed by atoms with Crippen molar-refractivity contribution in [3.8, 4) is 0 Å². The second-order valence-corrected chi connectivity index (χ2v) is 7.90. The molecular formula is C18H20O3S. The number of hydrogen-bond donors (Lipinski definition) is 1. The van der Waals surface area contributed by atoms with Gasteiger partial charge in [-0.15, -0.1) is 0 Å². The van der Waals surface area contributed by atoms with Crippen LogP contribution < -0.4 is 0 Å². The van der Waals surface area contributed by atoms with E-state index in [0.717, 1.165) is 12.0 Å². The van der Waals surface area contributed by atoms with Gasteiger partial charge in [-0.25, -0.2) is 8.42 Å². The van der Waals surface area contributed by atoms with Crippen molar-refractivity contribution in [2.75, 3.05) is 6.61 Å². The summed E-state index contributed by atoms with van der Waals surface area (Å²) in [5.74, 6) is -0.321. The smallest absolute Gasteiger partial charge is 0.182 e. The predicted octanol–water partition coefficient (Wildman–Crippen LogP) is 2.80. The standard InChI is InChI=1S/C18H20O3S/c1-2-13-8-10-14(11-9-13)17-16(12-19)18(17)22(20,21)15-6-4-3-5-7-15/h3-11,16-19H,2,12H2,1H3/t16-,17-,18-/m0/s1. The van der Waals surface area contributed by atoms with Crippen molar-refractivity contribution in [3.63, 3.8) is 0 Å². The lowest BCUT2D eigenvalue weighted by Gasteiger charge is -2.04. The van der Waals surface area contributed by atoms with Gasteiger partial charge in [-0.1, -0.05) is 49.4 Å². The molecule has 1 aliphatic rings. The molecule has 3 nitrogen and oxygen atoms in total. The number of aryl methyl sites for hydroxylation is 1. The van der Waals surface area contributed by atoms with E-state index in [2.05, 4.69) is 6.92 Å². The number of aliphatic hydroxyl groups excluding tert-OH is 1. The molecule has 3 rings (SSSR count). The molecule has 2 aromatic carbocycles. The van der Waals surface area contributed by atoms with Gasteiger partial charge >= 0.3 is 0 Å². The molecule has 22 heavy (non-hydrogen) atoms. The second kappa shape index (κ2) is 5.86. The van der Waals surface area contributed by atoms with Crippen LogP contribution in [-0.2, 0) is 16.3 Å². The van der Waals surface area contributed by atoms with E-state index >= 15 is 0 Å². The molecule has 0 bridgehead atoms. The molecule has 2 aromatic rings. The Balaban J connectivity index is 1.91. The van der Waals surface area contributed by atoms with Crippen molar-refractivity contribution in [1.29, 1.82) is 0 Å². The SMILES string of the molecule is CCc1ccc([C@H]2[C@H](CO)[C@@H]2S(=O)(=O)c2ccccc2)cc1. The third-order valence-electron chi connectivity index (χ3n) is 4.51. The molecule has 0 heterocycles. The van der Waals surface area contributed by atoms with Gasteiger partial charge in [0.1, 0.15) is 0 Å². The molecule has 1 fully saturated rings. The molecule has 116 valence electrons. The van der Waals surface area contributed by atoms with Crippen LogP contribution in [0.25, 0.3) is 0 Å². The molecule has 0 aliphatic heterocycles. The van der Waals surface area contributed by atoms with E-state index in [1.165, 1.54) is 5.56 Å². The third-order valence-corrected chi connectivity index (χ3v) is 6.80. The Bertz CT molecular complexity index is 736. The van der Waals surface area contributed by atoms with Crippen LogP contribution in [0.3, 0.4) is 0 Å². The normalized spacial score (nSPS) is 24.2. The number of hydrogen-bond acceptors (Lipinski definition) is 3. The topological polar surface area (TPSA) is 54.4 Å². The summed E-state index contributed by atoms with van der Waals surface area (Å²) < 4.78 is 25.5. The molecule has 0 spiro atoms. The zero-order chi connectivity index (χ0) is 15.7. The Morgan fingerprint density at radius 1 is 1.00 bits per heavy atom. The van der Waals surface area contributed by atoms with Crippen molar-refractivity contribution < 1.29 is 13.5 Å². The Labute approximate surface area is 131 Å². The lowest BCUT2D eigenvalue weighted by atomic mass is 10.1. The van der Waals surface area contributed by atoms with Gasteiger partial charge in [0.25, 0.3) is 0 Å². The summed E-state index contributed by atoms with van der Waals surface area (Å²) in [5.41, 5.74) is 2.23. The highest BCUT2D eigenvalue weighted by Gasteiger charge is 2.58. The number of rotatable bonds is 5. The zero-order valence-electron chi connectivity index (χ0n) is 12.5. The molecule has 1 saturated carbocycles. The van der Waals surface area contributed by atoms with Crippen molar-refractivity contribution in [1.82, 2.24) is 0 Å². The Morgan fingerprint density at radius 2 is 1.64 bits per heavy atom. The summed E-state index contributed by atoms with van der Waals surface area (Å²) in [6.45, 7) is 1.99. The number of benzene rings is 2. The summed E-state index contributed by atoms with van der Waals surface area (Å²) in [6, 6.07) is 16.6. The van der Waals surface area contributed by atoms with Crippen molar-refractivity contribution in [2.24, 2.45) is 5.92 Å². The van der Waals surface area contributed by atoms with Crippen LogP contribution in [0.2, 0.25) is 0 Å². The van der Waals surface area contributed by atoms with Gasteiger partial charge in [-0.05, 0) is 29.7 Å². The van der Waals surface area contributed by atoms with Crippen molar-refractivity contribution in [3.05, 3.63) is 65.7 Å². The van der Waals surface area contributed by atoms with Gasteiger partial charge in [-0.3, -0.25) is 0 Å². The maximum absolute atomic E-state index is 12.8. The molecule has 1 aliphatic carbocycles. The van der Waals surface area contributed by atoms with Crippen LogP contribution in [0, 0.1) is 5.92 Å². The lowest BCUT2D eigenvalue weighted by molar-refractivity contribution is 0.274. The first-order valence-electron chi connectivity index (χ1n) is 7.58. The van der Waals surface area contributed by atoms with Gasteiger partial charge in [0.05, 0.1) is 10.1 Å².